The minimum absolute atomic E-state index is 0. The average molecular weight is 666 g/mol. The smallest absolute Gasteiger partial charge is 2.00 e. The van der Waals surface area contributed by atoms with Gasteiger partial charge in [0, 0.05) is 0 Å². The molecule has 0 atom stereocenters. The topological polar surface area (TPSA) is 200 Å². The van der Waals surface area contributed by atoms with Gasteiger partial charge in [0.15, 0.2) is 0 Å². The molecule has 11 heteroatoms. The molecule has 0 rings (SSSR count). The van der Waals surface area contributed by atoms with E-state index in [4.69, 9.17) is 0 Å². The minimum Gasteiger partial charge on any atom is -2.00 e. The van der Waals surface area contributed by atoms with Crippen molar-refractivity contribution in [3.8, 4) is 0 Å². The van der Waals surface area contributed by atoms with Crippen LogP contribution in [0, 0.1) is 90.0 Å². The predicted octanol–water partition coefficient (Wildman–Crippen LogP) is -0.837. The molecule has 11 heavy (non-hydrogen) atoms. The van der Waals surface area contributed by atoms with Gasteiger partial charge in [-0.3, -0.25) is 0 Å². The Hall–Kier alpha value is 3.82. The zero-order chi connectivity index (χ0) is 0. The Kier molecular flexibility index (Phi) is 2740. The number of hydrogen-bond donors (Lipinski definition) is 0. The molecule has 0 aromatic carbocycles. The van der Waals surface area contributed by atoms with Gasteiger partial charge in [-0.15, -0.1) is 0 Å². The molecule has 0 aromatic heterocycles. The van der Waals surface area contributed by atoms with Crippen molar-refractivity contribution in [1.82, 2.24) is 0 Å². The third-order valence-corrected chi connectivity index (χ3v) is 0. The molecule has 0 saturated heterocycles. The Labute approximate surface area is 162 Å². The molecular formula is O7Ra2V2. The van der Waals surface area contributed by atoms with Crippen LogP contribution < -0.4 is 0 Å². The quantitative estimate of drug-likeness (QED) is 0.311. The van der Waals surface area contributed by atoms with Gasteiger partial charge >= 0.3 is 127 Å². The van der Waals surface area contributed by atoms with Crippen molar-refractivity contribution in [2.45, 2.75) is 0 Å². The van der Waals surface area contributed by atoms with E-state index >= 15 is 0 Å². The maximum Gasteiger partial charge on any atom is 5.00 e. The van der Waals surface area contributed by atoms with Crippen LogP contribution in [0.1, 0.15) is 0 Å². The Morgan fingerprint density at radius 2 is 0.273 bits per heavy atom. The maximum atomic E-state index is 0. The second kappa shape index (κ2) is 155. The molecule has 0 bridgehead atoms. The van der Waals surface area contributed by atoms with Gasteiger partial charge < -0.3 is 38.3 Å². The van der Waals surface area contributed by atoms with Gasteiger partial charge in [0.25, 0.3) is 0 Å². The van der Waals surface area contributed by atoms with Crippen LogP contribution in [-0.2, 0) is 75.4 Å². The van der Waals surface area contributed by atoms with Gasteiger partial charge in [-0.05, 0) is 0 Å². The molecule has 56 valence electrons. The Balaban J connectivity index is 0. The molecule has 0 spiro atoms. The van der Waals surface area contributed by atoms with E-state index in [0.717, 1.165) is 0 Å². The summed E-state index contributed by atoms with van der Waals surface area (Å²) in [7, 11) is 0. The molecule has 0 aliphatic heterocycles. The summed E-state index contributed by atoms with van der Waals surface area (Å²) in [6.45, 7) is 0. The van der Waals surface area contributed by atoms with E-state index in [-0.39, 0.29) is 165 Å². The Bertz CT molecular complexity index is 14.4. The molecule has 0 radical (unpaired) electrons. The average Bonchev–Trinajstić information content (AvgIpc) is 0. The summed E-state index contributed by atoms with van der Waals surface area (Å²) in [6, 6.07) is 0. The van der Waals surface area contributed by atoms with E-state index in [0.29, 0.717) is 0 Å². The molecule has 0 unspecified atom stereocenters. The van der Waals surface area contributed by atoms with Gasteiger partial charge in [-0.25, -0.2) is 0 Å². The van der Waals surface area contributed by atoms with Crippen LogP contribution in [0.15, 0.2) is 0 Å². The molecule has 0 amide bonds. The zero-order valence-corrected chi connectivity index (χ0v) is 19.6. The first-order valence-corrected chi connectivity index (χ1v) is 0. The maximum absolute atomic E-state index is 0. The van der Waals surface area contributed by atoms with Gasteiger partial charge in [-0.2, -0.15) is 0 Å². The van der Waals surface area contributed by atoms with Crippen molar-refractivity contribution < 1.29 is 165 Å². The Morgan fingerprint density at radius 1 is 0.273 bits per heavy atom. The minimum atomic E-state index is 0. The normalized spacial score (nSPS) is 0. The van der Waals surface area contributed by atoms with Crippen LogP contribution in [0.2, 0.25) is 0 Å². The van der Waals surface area contributed by atoms with E-state index < -0.39 is 0 Å². The summed E-state index contributed by atoms with van der Waals surface area (Å²) in [5.41, 5.74) is 0. The molecule has 7 nitrogen and oxygen atoms in total. The summed E-state index contributed by atoms with van der Waals surface area (Å²) in [5.74, 6) is 0. The molecule has 0 aliphatic carbocycles. The second-order valence-corrected chi connectivity index (χ2v) is 0. The summed E-state index contributed by atoms with van der Waals surface area (Å²) in [5, 5.41) is 0. The van der Waals surface area contributed by atoms with Crippen molar-refractivity contribution in [1.29, 1.82) is 0 Å². The van der Waals surface area contributed by atoms with E-state index in [2.05, 4.69) is 0 Å². The molecule has 0 saturated carbocycles. The van der Waals surface area contributed by atoms with Gasteiger partial charge in [0.2, 0.25) is 0 Å². The van der Waals surface area contributed by atoms with Crippen molar-refractivity contribution in [3.05, 3.63) is 0 Å². The van der Waals surface area contributed by atoms with Crippen LogP contribution in [0.4, 0.5) is 0 Å². The van der Waals surface area contributed by atoms with Gasteiger partial charge in [0.05, 0.1) is 0 Å². The summed E-state index contributed by atoms with van der Waals surface area (Å²) >= 11 is 0. The van der Waals surface area contributed by atoms with Crippen LogP contribution in [0.25, 0.3) is 0 Å². The van der Waals surface area contributed by atoms with Crippen molar-refractivity contribution in [2.75, 3.05) is 0 Å². The number of hydrogen-bond acceptors (Lipinski definition) is 0. The van der Waals surface area contributed by atoms with E-state index in [1.165, 1.54) is 0 Å². The third-order valence-electron chi connectivity index (χ3n) is 0. The van der Waals surface area contributed by atoms with Crippen LogP contribution in [0.3, 0.4) is 0 Å². The largest absolute Gasteiger partial charge is 5.00 e. The molecule has 0 fully saturated rings. The van der Waals surface area contributed by atoms with E-state index in [9.17, 15) is 0 Å². The standard InChI is InChI=1S/7O.2Ra.2V/q7*-2;2*+2;2*+5. The second-order valence-electron chi connectivity index (χ2n) is 0. The molecule has 0 aliphatic rings. The van der Waals surface area contributed by atoms with Crippen LogP contribution in [-0.4, -0.2) is 0 Å². The fourth-order valence-electron chi connectivity index (χ4n) is 0. The third kappa shape index (κ3) is 132. The fraction of sp³-hybridized carbons (Fsp3) is 0. The Morgan fingerprint density at radius 3 is 0.273 bits per heavy atom. The van der Waals surface area contributed by atoms with Crippen molar-refractivity contribution >= 4 is 0 Å². The summed E-state index contributed by atoms with van der Waals surface area (Å²) < 4.78 is 0. The molecule has 0 aromatic rings. The summed E-state index contributed by atoms with van der Waals surface area (Å²) in [6.07, 6.45) is 0. The van der Waals surface area contributed by atoms with Gasteiger partial charge in [0.1, 0.15) is 0 Å². The first-order valence-electron chi connectivity index (χ1n) is 0. The monoisotopic (exact) mass is 666 g/mol. The van der Waals surface area contributed by atoms with Crippen molar-refractivity contribution in [2.24, 2.45) is 0 Å². The van der Waals surface area contributed by atoms with E-state index in [1.54, 1.807) is 0 Å². The SMILES string of the molecule is [O-2].[O-2].[O-2].[O-2].[O-2].[O-2].[O-2].[Ra+2].[Ra+2].[V+5].[V+5]. The van der Waals surface area contributed by atoms with Crippen LogP contribution >= 0.6 is 0 Å². The molecule has 0 N–H and O–H groups in total. The van der Waals surface area contributed by atoms with Crippen LogP contribution in [0.5, 0.6) is 0 Å². The summed E-state index contributed by atoms with van der Waals surface area (Å²) in [4.78, 5) is 0. The van der Waals surface area contributed by atoms with Gasteiger partial charge in [-0.1, -0.05) is 0 Å². The molecular weight excluding hydrogens is 666 g/mol. The zero-order valence-electron chi connectivity index (χ0n) is 5.17. The predicted molar refractivity (Wildman–Crippen MR) is 4.81 cm³/mol. The first-order chi connectivity index (χ1) is 0. The molecule has 0 heterocycles. The first kappa shape index (κ1) is 194. The van der Waals surface area contributed by atoms with E-state index in [1.807, 2.05) is 0 Å². The fourth-order valence-corrected chi connectivity index (χ4v) is 0. The number of rotatable bonds is 0. The van der Waals surface area contributed by atoms with Crippen molar-refractivity contribution in [3.63, 3.8) is 0 Å².